The second kappa shape index (κ2) is 6.45. The van der Waals surface area contributed by atoms with Crippen LogP contribution in [0.5, 0.6) is 5.75 Å². The summed E-state index contributed by atoms with van der Waals surface area (Å²) in [6.07, 6.45) is 2.44. The Bertz CT molecular complexity index is 763. The van der Waals surface area contributed by atoms with Crippen LogP contribution in [0.15, 0.2) is 59.1 Å². The van der Waals surface area contributed by atoms with E-state index >= 15 is 0 Å². The Labute approximate surface area is 132 Å². The monoisotopic (exact) mass is 313 g/mol. The van der Waals surface area contributed by atoms with Crippen molar-refractivity contribution in [1.29, 1.82) is 0 Å². The molecule has 5 heteroatoms. The van der Waals surface area contributed by atoms with E-state index in [2.05, 4.69) is 4.98 Å². The number of aldehydes is 1. The van der Waals surface area contributed by atoms with E-state index in [1.165, 1.54) is 0 Å². The molecular weight excluding hydrogens is 302 g/mol. The minimum atomic E-state index is 0.216. The molecule has 1 heterocycles. The minimum Gasteiger partial charge on any atom is -0.484 e. The van der Waals surface area contributed by atoms with Crippen LogP contribution in [0.1, 0.15) is 16.2 Å². The normalized spacial score (nSPS) is 10.4. The summed E-state index contributed by atoms with van der Waals surface area (Å²) in [5.74, 6) is 1.79. The molecule has 0 N–H and O–H groups in total. The van der Waals surface area contributed by atoms with Crippen LogP contribution in [0.4, 0.5) is 0 Å². The molecule has 0 aliphatic carbocycles. The fourth-order valence-corrected chi connectivity index (χ4v) is 2.04. The molecule has 4 nitrogen and oxygen atoms in total. The SMILES string of the molecule is O=Cc1ccc(OCc2ncc(-c3ccc(Cl)cc3)o2)cc1. The summed E-state index contributed by atoms with van der Waals surface area (Å²) in [7, 11) is 0. The van der Waals surface area contributed by atoms with Crippen LogP contribution in [0.3, 0.4) is 0 Å². The van der Waals surface area contributed by atoms with Gasteiger partial charge in [-0.2, -0.15) is 0 Å². The summed E-state index contributed by atoms with van der Waals surface area (Å²) in [5.41, 5.74) is 1.51. The van der Waals surface area contributed by atoms with Crippen molar-refractivity contribution < 1.29 is 13.9 Å². The lowest BCUT2D eigenvalue weighted by atomic mass is 10.2. The van der Waals surface area contributed by atoms with Gasteiger partial charge in [-0.25, -0.2) is 4.98 Å². The Hall–Kier alpha value is -2.59. The highest BCUT2D eigenvalue weighted by Crippen LogP contribution is 2.23. The molecule has 0 aliphatic heterocycles. The van der Waals surface area contributed by atoms with Crippen molar-refractivity contribution in [3.63, 3.8) is 0 Å². The molecule has 22 heavy (non-hydrogen) atoms. The van der Waals surface area contributed by atoms with E-state index in [-0.39, 0.29) is 6.61 Å². The van der Waals surface area contributed by atoms with Crippen molar-refractivity contribution in [2.24, 2.45) is 0 Å². The molecular formula is C17H12ClNO3. The lowest BCUT2D eigenvalue weighted by molar-refractivity contribution is 0.112. The maximum atomic E-state index is 10.6. The van der Waals surface area contributed by atoms with Gasteiger partial charge >= 0.3 is 0 Å². The van der Waals surface area contributed by atoms with Gasteiger partial charge in [0.25, 0.3) is 0 Å². The fourth-order valence-electron chi connectivity index (χ4n) is 1.91. The van der Waals surface area contributed by atoms with Gasteiger partial charge in [0.1, 0.15) is 12.0 Å². The van der Waals surface area contributed by atoms with E-state index in [0.717, 1.165) is 11.8 Å². The highest BCUT2D eigenvalue weighted by molar-refractivity contribution is 6.30. The molecule has 0 aliphatic rings. The second-order valence-electron chi connectivity index (χ2n) is 4.60. The average molecular weight is 314 g/mol. The van der Waals surface area contributed by atoms with Crippen LogP contribution in [-0.4, -0.2) is 11.3 Å². The number of nitrogens with zero attached hydrogens (tertiary/aromatic N) is 1. The van der Waals surface area contributed by atoms with Gasteiger partial charge in [-0.1, -0.05) is 11.6 Å². The number of halogens is 1. The third-order valence-corrected chi connectivity index (χ3v) is 3.31. The number of oxazole rings is 1. The first-order chi connectivity index (χ1) is 10.7. The Kier molecular flexibility index (Phi) is 4.21. The Morgan fingerprint density at radius 2 is 1.82 bits per heavy atom. The maximum Gasteiger partial charge on any atom is 0.232 e. The molecule has 110 valence electrons. The molecule has 1 aromatic heterocycles. The lowest BCUT2D eigenvalue weighted by Gasteiger charge is -2.03. The number of hydrogen-bond donors (Lipinski definition) is 0. The number of rotatable bonds is 5. The number of hydrogen-bond acceptors (Lipinski definition) is 4. The smallest absolute Gasteiger partial charge is 0.232 e. The van der Waals surface area contributed by atoms with Gasteiger partial charge < -0.3 is 9.15 Å². The number of ether oxygens (including phenoxy) is 1. The van der Waals surface area contributed by atoms with E-state index < -0.39 is 0 Å². The zero-order chi connectivity index (χ0) is 15.4. The lowest BCUT2D eigenvalue weighted by Crippen LogP contribution is -1.95. The van der Waals surface area contributed by atoms with E-state index in [4.69, 9.17) is 20.8 Å². The molecule has 0 fully saturated rings. The van der Waals surface area contributed by atoms with Crippen molar-refractivity contribution in [1.82, 2.24) is 4.98 Å². The zero-order valence-corrected chi connectivity index (χ0v) is 12.3. The molecule has 0 saturated heterocycles. The van der Waals surface area contributed by atoms with E-state index in [0.29, 0.717) is 28.0 Å². The van der Waals surface area contributed by atoms with Gasteiger partial charge in [0.05, 0.1) is 6.20 Å². The highest BCUT2D eigenvalue weighted by atomic mass is 35.5. The number of carbonyl (C=O) groups is 1. The van der Waals surface area contributed by atoms with Gasteiger partial charge in [0, 0.05) is 16.1 Å². The Morgan fingerprint density at radius 1 is 1.09 bits per heavy atom. The first kappa shape index (κ1) is 14.4. The molecule has 0 radical (unpaired) electrons. The number of carbonyl (C=O) groups excluding carboxylic acids is 1. The van der Waals surface area contributed by atoms with Crippen LogP contribution in [-0.2, 0) is 6.61 Å². The van der Waals surface area contributed by atoms with Crippen molar-refractivity contribution in [3.05, 3.63) is 71.2 Å². The molecule has 0 atom stereocenters. The molecule has 2 aromatic carbocycles. The van der Waals surface area contributed by atoms with Gasteiger partial charge in [0.15, 0.2) is 12.4 Å². The second-order valence-corrected chi connectivity index (χ2v) is 5.04. The van der Waals surface area contributed by atoms with E-state index in [1.807, 2.05) is 12.1 Å². The standard InChI is InChI=1S/C17H12ClNO3/c18-14-5-3-13(4-6-14)16-9-19-17(22-16)11-21-15-7-1-12(10-20)2-8-15/h1-10H,11H2. The summed E-state index contributed by atoms with van der Waals surface area (Å²) in [4.78, 5) is 14.8. The van der Waals surface area contributed by atoms with Crippen LogP contribution < -0.4 is 4.74 Å². The summed E-state index contributed by atoms with van der Waals surface area (Å²) < 4.78 is 11.2. The fraction of sp³-hybridized carbons (Fsp3) is 0.0588. The Morgan fingerprint density at radius 3 is 2.50 bits per heavy atom. The first-order valence-electron chi connectivity index (χ1n) is 6.63. The van der Waals surface area contributed by atoms with Gasteiger partial charge in [-0.3, -0.25) is 4.79 Å². The first-order valence-corrected chi connectivity index (χ1v) is 7.01. The molecule has 0 amide bonds. The van der Waals surface area contributed by atoms with E-state index in [9.17, 15) is 4.79 Å². The van der Waals surface area contributed by atoms with Crippen LogP contribution in [0, 0.1) is 0 Å². The zero-order valence-electron chi connectivity index (χ0n) is 11.5. The summed E-state index contributed by atoms with van der Waals surface area (Å²) >= 11 is 5.86. The van der Waals surface area contributed by atoms with Gasteiger partial charge in [-0.05, 0) is 48.5 Å². The molecule has 3 rings (SSSR count). The van der Waals surface area contributed by atoms with Crippen LogP contribution in [0.2, 0.25) is 5.02 Å². The van der Waals surface area contributed by atoms with Crippen molar-refractivity contribution >= 4 is 17.9 Å². The minimum absolute atomic E-state index is 0.216. The molecule has 0 unspecified atom stereocenters. The topological polar surface area (TPSA) is 52.3 Å². The van der Waals surface area contributed by atoms with Gasteiger partial charge in [0.2, 0.25) is 5.89 Å². The predicted molar refractivity (Wildman–Crippen MR) is 83.1 cm³/mol. The molecule has 0 spiro atoms. The van der Waals surface area contributed by atoms with Gasteiger partial charge in [-0.15, -0.1) is 0 Å². The third-order valence-electron chi connectivity index (χ3n) is 3.06. The molecule has 0 bridgehead atoms. The number of benzene rings is 2. The van der Waals surface area contributed by atoms with Crippen LogP contribution in [0.25, 0.3) is 11.3 Å². The summed E-state index contributed by atoms with van der Waals surface area (Å²) in [6, 6.07) is 14.2. The van der Waals surface area contributed by atoms with E-state index in [1.54, 1.807) is 42.6 Å². The maximum absolute atomic E-state index is 10.6. The van der Waals surface area contributed by atoms with Crippen LogP contribution >= 0.6 is 11.6 Å². The molecule has 3 aromatic rings. The quantitative estimate of drug-likeness (QED) is 0.656. The molecule has 0 saturated carbocycles. The highest BCUT2D eigenvalue weighted by Gasteiger charge is 2.07. The van der Waals surface area contributed by atoms with Crippen molar-refractivity contribution in [2.75, 3.05) is 0 Å². The third kappa shape index (κ3) is 3.35. The largest absolute Gasteiger partial charge is 0.484 e. The summed E-state index contributed by atoms with van der Waals surface area (Å²) in [5, 5.41) is 0.672. The number of aromatic nitrogens is 1. The Balaban J connectivity index is 1.66. The van der Waals surface area contributed by atoms with Crippen molar-refractivity contribution in [2.45, 2.75) is 6.61 Å². The average Bonchev–Trinajstić information content (AvgIpc) is 3.03. The van der Waals surface area contributed by atoms with Crippen molar-refractivity contribution in [3.8, 4) is 17.1 Å². The predicted octanol–water partition coefficient (Wildman–Crippen LogP) is 4.39. The summed E-state index contributed by atoms with van der Waals surface area (Å²) in [6.45, 7) is 0.216.